The van der Waals surface area contributed by atoms with Crippen molar-refractivity contribution in [3.63, 3.8) is 0 Å². The molecule has 2 fully saturated rings. The van der Waals surface area contributed by atoms with Gasteiger partial charge in [0, 0.05) is 6.61 Å². The van der Waals surface area contributed by atoms with E-state index in [-0.39, 0.29) is 12.2 Å². The number of aliphatic hydroxyl groups is 1. The van der Waals surface area contributed by atoms with Crippen molar-refractivity contribution in [1.29, 1.82) is 0 Å². The van der Waals surface area contributed by atoms with E-state index in [1.54, 1.807) is 0 Å². The summed E-state index contributed by atoms with van der Waals surface area (Å²) in [5.74, 6) is 0.778. The van der Waals surface area contributed by atoms with E-state index in [1.165, 1.54) is 44.9 Å². The molecule has 2 rings (SSSR count). The van der Waals surface area contributed by atoms with Crippen LogP contribution in [0.15, 0.2) is 0 Å². The highest BCUT2D eigenvalue weighted by atomic mass is 16.5. The molecule has 2 heteroatoms. The summed E-state index contributed by atoms with van der Waals surface area (Å²) in [5.41, 5.74) is 0. The van der Waals surface area contributed by atoms with E-state index < -0.39 is 0 Å². The first-order chi connectivity index (χ1) is 7.36. The summed E-state index contributed by atoms with van der Waals surface area (Å²) < 4.78 is 5.91. The van der Waals surface area contributed by atoms with Crippen molar-refractivity contribution in [3.8, 4) is 0 Å². The number of rotatable bonds is 3. The van der Waals surface area contributed by atoms with E-state index in [0.717, 1.165) is 25.4 Å². The van der Waals surface area contributed by atoms with Crippen molar-refractivity contribution in [2.75, 3.05) is 6.61 Å². The second kappa shape index (κ2) is 5.86. The van der Waals surface area contributed by atoms with E-state index in [4.69, 9.17) is 4.74 Å². The second-order valence-corrected chi connectivity index (χ2v) is 5.23. The second-order valence-electron chi connectivity index (χ2n) is 5.23. The van der Waals surface area contributed by atoms with Crippen molar-refractivity contribution < 1.29 is 9.84 Å². The summed E-state index contributed by atoms with van der Waals surface area (Å²) in [5, 5.41) is 9.90. The van der Waals surface area contributed by atoms with Crippen LogP contribution in [0, 0.1) is 5.92 Å². The fourth-order valence-corrected chi connectivity index (χ4v) is 2.89. The van der Waals surface area contributed by atoms with Crippen LogP contribution < -0.4 is 0 Å². The molecule has 0 aromatic heterocycles. The normalized spacial score (nSPS) is 34.2. The Morgan fingerprint density at radius 2 is 1.53 bits per heavy atom. The molecule has 0 radical (unpaired) electrons. The van der Waals surface area contributed by atoms with Gasteiger partial charge in [0.05, 0.1) is 12.2 Å². The molecule has 2 aliphatic carbocycles. The molecule has 0 bridgehead atoms. The first kappa shape index (κ1) is 11.4. The van der Waals surface area contributed by atoms with Crippen LogP contribution in [0.2, 0.25) is 0 Å². The minimum atomic E-state index is -0.200. The van der Waals surface area contributed by atoms with E-state index in [1.807, 2.05) is 0 Å². The number of hydrogen-bond donors (Lipinski definition) is 1. The molecule has 2 unspecified atom stereocenters. The third kappa shape index (κ3) is 3.46. The van der Waals surface area contributed by atoms with Gasteiger partial charge in [0.1, 0.15) is 0 Å². The molecular weight excluding hydrogens is 188 g/mol. The Hall–Kier alpha value is -0.0800. The maximum atomic E-state index is 9.90. The van der Waals surface area contributed by atoms with Crippen LogP contribution in [0.4, 0.5) is 0 Å². The summed E-state index contributed by atoms with van der Waals surface area (Å²) >= 11 is 0. The molecule has 2 nitrogen and oxygen atoms in total. The summed E-state index contributed by atoms with van der Waals surface area (Å²) in [6.07, 6.45) is 11.0. The fraction of sp³-hybridized carbons (Fsp3) is 1.00. The molecule has 2 saturated carbocycles. The van der Waals surface area contributed by atoms with Gasteiger partial charge < -0.3 is 9.84 Å². The lowest BCUT2D eigenvalue weighted by molar-refractivity contribution is -0.0513. The van der Waals surface area contributed by atoms with Crippen LogP contribution in [0.5, 0.6) is 0 Å². The molecule has 15 heavy (non-hydrogen) atoms. The van der Waals surface area contributed by atoms with Crippen molar-refractivity contribution in [2.24, 2.45) is 5.92 Å². The van der Waals surface area contributed by atoms with Gasteiger partial charge in [-0.05, 0) is 31.6 Å². The van der Waals surface area contributed by atoms with Gasteiger partial charge in [0.2, 0.25) is 0 Å². The lowest BCUT2D eigenvalue weighted by Crippen LogP contribution is -2.29. The molecule has 2 atom stereocenters. The highest BCUT2D eigenvalue weighted by molar-refractivity contribution is 4.75. The molecule has 0 saturated heterocycles. The Morgan fingerprint density at radius 1 is 0.867 bits per heavy atom. The standard InChI is InChI=1S/C13H24O2/c14-12-8-2-1-3-9-13(12)15-10-11-6-4-5-7-11/h11-14H,1-10H2. The molecule has 0 heterocycles. The monoisotopic (exact) mass is 212 g/mol. The fourth-order valence-electron chi connectivity index (χ4n) is 2.89. The molecule has 1 N–H and O–H groups in total. The van der Waals surface area contributed by atoms with Crippen LogP contribution >= 0.6 is 0 Å². The highest BCUT2D eigenvalue weighted by Gasteiger charge is 2.24. The first-order valence-electron chi connectivity index (χ1n) is 6.66. The Bertz CT molecular complexity index is 175. The van der Waals surface area contributed by atoms with Gasteiger partial charge in [0.15, 0.2) is 0 Å². The van der Waals surface area contributed by atoms with Crippen LogP contribution in [0.25, 0.3) is 0 Å². The predicted octanol–water partition coefficient (Wildman–Crippen LogP) is 2.89. The molecule has 88 valence electrons. The smallest absolute Gasteiger partial charge is 0.0834 e. The van der Waals surface area contributed by atoms with Crippen LogP contribution in [-0.2, 0) is 4.74 Å². The van der Waals surface area contributed by atoms with Gasteiger partial charge >= 0.3 is 0 Å². The summed E-state index contributed by atoms with van der Waals surface area (Å²) in [6, 6.07) is 0. The highest BCUT2D eigenvalue weighted by Crippen LogP contribution is 2.27. The molecule has 0 spiro atoms. The van der Waals surface area contributed by atoms with Gasteiger partial charge in [0.25, 0.3) is 0 Å². The topological polar surface area (TPSA) is 29.5 Å². The largest absolute Gasteiger partial charge is 0.390 e. The SMILES string of the molecule is OC1CCCCCC1OCC1CCCC1. The molecule has 0 aromatic carbocycles. The van der Waals surface area contributed by atoms with E-state index >= 15 is 0 Å². The maximum Gasteiger partial charge on any atom is 0.0834 e. The van der Waals surface area contributed by atoms with Gasteiger partial charge in [-0.3, -0.25) is 0 Å². The van der Waals surface area contributed by atoms with Crippen molar-refractivity contribution >= 4 is 0 Å². The minimum absolute atomic E-state index is 0.133. The molecule has 0 aromatic rings. The maximum absolute atomic E-state index is 9.90. The molecule has 0 amide bonds. The zero-order valence-electron chi connectivity index (χ0n) is 9.66. The van der Waals surface area contributed by atoms with Gasteiger partial charge in [-0.2, -0.15) is 0 Å². The van der Waals surface area contributed by atoms with Gasteiger partial charge in [-0.15, -0.1) is 0 Å². The zero-order chi connectivity index (χ0) is 10.5. The van der Waals surface area contributed by atoms with Crippen LogP contribution in [-0.4, -0.2) is 23.9 Å². The first-order valence-corrected chi connectivity index (χ1v) is 6.66. The van der Waals surface area contributed by atoms with Crippen molar-refractivity contribution in [1.82, 2.24) is 0 Å². The zero-order valence-corrected chi connectivity index (χ0v) is 9.66. The van der Waals surface area contributed by atoms with E-state index in [2.05, 4.69) is 0 Å². The van der Waals surface area contributed by atoms with E-state index in [9.17, 15) is 5.11 Å². The van der Waals surface area contributed by atoms with Gasteiger partial charge in [-0.25, -0.2) is 0 Å². The van der Waals surface area contributed by atoms with Crippen LogP contribution in [0.3, 0.4) is 0 Å². The Balaban J connectivity index is 1.71. The summed E-state index contributed by atoms with van der Waals surface area (Å²) in [7, 11) is 0. The summed E-state index contributed by atoms with van der Waals surface area (Å²) in [4.78, 5) is 0. The minimum Gasteiger partial charge on any atom is -0.390 e. The molecular formula is C13H24O2. The Morgan fingerprint density at radius 3 is 2.33 bits per heavy atom. The third-order valence-electron chi connectivity index (χ3n) is 3.94. The number of hydrogen-bond acceptors (Lipinski definition) is 2. The average Bonchev–Trinajstić information content (AvgIpc) is 2.67. The van der Waals surface area contributed by atoms with Crippen molar-refractivity contribution in [2.45, 2.75) is 70.0 Å². The van der Waals surface area contributed by atoms with E-state index in [0.29, 0.717) is 0 Å². The summed E-state index contributed by atoms with van der Waals surface area (Å²) in [6.45, 7) is 0.891. The lowest BCUT2D eigenvalue weighted by atomic mass is 10.1. The molecule has 2 aliphatic rings. The Labute approximate surface area is 93.0 Å². The lowest BCUT2D eigenvalue weighted by Gasteiger charge is -2.22. The average molecular weight is 212 g/mol. The van der Waals surface area contributed by atoms with Crippen LogP contribution in [0.1, 0.15) is 57.8 Å². The quantitative estimate of drug-likeness (QED) is 0.729. The molecule has 0 aliphatic heterocycles. The third-order valence-corrected chi connectivity index (χ3v) is 3.94. The van der Waals surface area contributed by atoms with Crippen molar-refractivity contribution in [3.05, 3.63) is 0 Å². The number of ether oxygens (including phenoxy) is 1. The van der Waals surface area contributed by atoms with Gasteiger partial charge in [-0.1, -0.05) is 32.1 Å². The Kier molecular flexibility index (Phi) is 4.45. The number of aliphatic hydroxyl groups excluding tert-OH is 1. The predicted molar refractivity (Wildman–Crippen MR) is 60.8 cm³/mol.